The maximum Gasteiger partial charge on any atom is 0.161 e. The van der Waals surface area contributed by atoms with E-state index >= 15 is 0 Å². The Morgan fingerprint density at radius 1 is 0.326 bits per heavy atom. The van der Waals surface area contributed by atoms with Gasteiger partial charge in [0.2, 0.25) is 0 Å². The third-order valence-electron chi connectivity index (χ3n) is 9.14. The van der Waals surface area contributed by atoms with Crippen molar-refractivity contribution in [2.24, 2.45) is 0 Å². The molecule has 4 aromatic rings. The van der Waals surface area contributed by atoms with Crippen LogP contribution in [0.4, 0.5) is 0 Å². The molecule has 252 valence electrons. The van der Waals surface area contributed by atoms with Crippen LogP contribution in [-0.4, -0.2) is 26.4 Å². The van der Waals surface area contributed by atoms with Gasteiger partial charge in [-0.2, -0.15) is 0 Å². The summed E-state index contributed by atoms with van der Waals surface area (Å²) in [5.74, 6) is 3.69. The van der Waals surface area contributed by atoms with Crippen molar-refractivity contribution in [1.29, 1.82) is 0 Å². The first kappa shape index (κ1) is 35.7. The van der Waals surface area contributed by atoms with Gasteiger partial charge in [0.15, 0.2) is 11.5 Å². The van der Waals surface area contributed by atoms with Gasteiger partial charge in [-0.05, 0) is 118 Å². The molecule has 0 N–H and O–H groups in total. The van der Waals surface area contributed by atoms with Gasteiger partial charge in [0.05, 0.1) is 26.4 Å². The Morgan fingerprint density at radius 3 is 0.870 bits per heavy atom. The largest absolute Gasteiger partial charge is 0.493 e. The van der Waals surface area contributed by atoms with Crippen molar-refractivity contribution in [1.82, 2.24) is 0 Å². The number of hydrogen-bond donors (Lipinski definition) is 0. The van der Waals surface area contributed by atoms with E-state index in [1.165, 1.54) is 82.0 Å². The summed E-state index contributed by atoms with van der Waals surface area (Å²) >= 11 is 0. The van der Waals surface area contributed by atoms with Crippen molar-refractivity contribution in [3.05, 3.63) is 47.5 Å². The highest BCUT2D eigenvalue weighted by molar-refractivity contribution is 6.26. The van der Waals surface area contributed by atoms with E-state index in [1.54, 1.807) is 0 Å². The molecule has 4 rings (SSSR count). The molecule has 0 heterocycles. The number of hydrogen-bond acceptors (Lipinski definition) is 4. The second-order valence-corrected chi connectivity index (χ2v) is 12.8. The first-order valence-corrected chi connectivity index (χ1v) is 18.6. The summed E-state index contributed by atoms with van der Waals surface area (Å²) in [6.07, 6.45) is 15.5. The smallest absolute Gasteiger partial charge is 0.161 e. The zero-order valence-electron chi connectivity index (χ0n) is 29.8. The number of fused-ring (bicyclic) bond motifs is 6. The van der Waals surface area contributed by atoms with E-state index in [2.05, 4.69) is 77.9 Å². The Hall–Kier alpha value is -3.14. The Kier molecular flexibility index (Phi) is 14.6. The molecule has 0 aliphatic rings. The molecule has 0 unspecified atom stereocenters. The second kappa shape index (κ2) is 18.9. The maximum absolute atomic E-state index is 6.49. The molecule has 46 heavy (non-hydrogen) atoms. The van der Waals surface area contributed by atoms with Crippen LogP contribution in [0.1, 0.15) is 130 Å². The van der Waals surface area contributed by atoms with Gasteiger partial charge in [-0.15, -0.1) is 0 Å². The number of benzene rings is 4. The molecule has 0 amide bonds. The lowest BCUT2D eigenvalue weighted by molar-refractivity contribution is 0.260. The Morgan fingerprint density at radius 2 is 0.587 bits per heavy atom. The zero-order chi connectivity index (χ0) is 32.7. The second-order valence-electron chi connectivity index (χ2n) is 12.8. The van der Waals surface area contributed by atoms with Crippen LogP contribution in [0.3, 0.4) is 0 Å². The first-order chi connectivity index (χ1) is 22.6. The molecule has 0 radical (unpaired) electrons. The summed E-state index contributed by atoms with van der Waals surface area (Å²) in [4.78, 5) is 0. The fourth-order valence-electron chi connectivity index (χ4n) is 6.33. The molecule has 0 aliphatic carbocycles. The van der Waals surface area contributed by atoms with Gasteiger partial charge >= 0.3 is 0 Å². The monoisotopic (exact) mass is 628 g/mol. The minimum absolute atomic E-state index is 0.692. The van der Waals surface area contributed by atoms with Crippen molar-refractivity contribution >= 4 is 32.3 Å². The lowest BCUT2D eigenvalue weighted by Gasteiger charge is -2.20. The van der Waals surface area contributed by atoms with E-state index in [-0.39, 0.29) is 0 Å². The van der Waals surface area contributed by atoms with E-state index in [9.17, 15) is 0 Å². The molecule has 0 saturated carbocycles. The van der Waals surface area contributed by atoms with Crippen LogP contribution in [0.15, 0.2) is 36.4 Å². The molecular formula is C42H60O4. The van der Waals surface area contributed by atoms with E-state index in [0.29, 0.717) is 13.2 Å². The van der Waals surface area contributed by atoms with E-state index in [1.807, 2.05) is 0 Å². The van der Waals surface area contributed by atoms with Crippen LogP contribution in [-0.2, 0) is 12.8 Å². The lowest BCUT2D eigenvalue weighted by atomic mass is 9.90. The summed E-state index contributed by atoms with van der Waals surface area (Å²) in [7, 11) is 0. The normalized spacial score (nSPS) is 11.5. The van der Waals surface area contributed by atoms with Crippen molar-refractivity contribution < 1.29 is 18.9 Å². The third kappa shape index (κ3) is 9.02. The van der Waals surface area contributed by atoms with Gasteiger partial charge in [-0.3, -0.25) is 0 Å². The van der Waals surface area contributed by atoms with Crippen molar-refractivity contribution in [3.8, 4) is 23.0 Å². The number of ether oxygens (including phenoxy) is 4. The van der Waals surface area contributed by atoms with Crippen LogP contribution >= 0.6 is 0 Å². The topological polar surface area (TPSA) is 36.9 Å². The molecule has 0 saturated heterocycles. The van der Waals surface area contributed by atoms with Crippen molar-refractivity contribution in [2.75, 3.05) is 26.4 Å². The SMILES string of the molecule is CCCCCOc1cc2c(cc1CC)c1cc(CC)c(OCCCCC)cc1c1cc(OCCCCC)c(OCCCCC)cc21. The Balaban J connectivity index is 1.97. The predicted molar refractivity (Wildman–Crippen MR) is 198 cm³/mol. The van der Waals surface area contributed by atoms with Crippen LogP contribution in [0.25, 0.3) is 32.3 Å². The molecule has 0 spiro atoms. The number of aryl methyl sites for hydroxylation is 2. The summed E-state index contributed by atoms with van der Waals surface area (Å²) in [5, 5.41) is 7.30. The summed E-state index contributed by atoms with van der Waals surface area (Å²) in [6.45, 7) is 16.3. The number of unbranched alkanes of at least 4 members (excludes halogenated alkanes) is 8. The predicted octanol–water partition coefficient (Wildman–Crippen LogP) is 12.5. The molecular weight excluding hydrogens is 568 g/mol. The van der Waals surface area contributed by atoms with Gasteiger partial charge < -0.3 is 18.9 Å². The Labute approximate surface area is 279 Å². The van der Waals surface area contributed by atoms with Gasteiger partial charge in [0.25, 0.3) is 0 Å². The minimum Gasteiger partial charge on any atom is -0.493 e. The standard InChI is InChI=1S/C42H60O4/c1-7-13-17-21-43-39-27-35-33(25-31(39)11-5)34-26-32(12-6)40(44-22-18-14-8-2)28-36(34)38-30-42(46-24-20-16-10-4)41(29-37(35)38)45-23-19-15-9-3/h25-30H,7-24H2,1-6H3. The molecule has 0 aromatic heterocycles. The number of rotatable bonds is 22. The summed E-state index contributed by atoms with van der Waals surface area (Å²) in [6, 6.07) is 13.8. The van der Waals surface area contributed by atoms with Crippen molar-refractivity contribution in [2.45, 2.75) is 131 Å². The molecule has 4 aromatic carbocycles. The van der Waals surface area contributed by atoms with Gasteiger partial charge in [-0.1, -0.05) is 92.9 Å². The van der Waals surface area contributed by atoms with Crippen LogP contribution in [0.5, 0.6) is 23.0 Å². The fourth-order valence-corrected chi connectivity index (χ4v) is 6.33. The first-order valence-electron chi connectivity index (χ1n) is 18.6. The summed E-state index contributed by atoms with van der Waals surface area (Å²) < 4.78 is 25.9. The van der Waals surface area contributed by atoms with Crippen molar-refractivity contribution in [3.63, 3.8) is 0 Å². The molecule has 4 nitrogen and oxygen atoms in total. The molecule has 0 bridgehead atoms. The highest BCUT2D eigenvalue weighted by Crippen LogP contribution is 2.45. The van der Waals surface area contributed by atoms with Gasteiger partial charge in [-0.25, -0.2) is 0 Å². The minimum atomic E-state index is 0.692. The molecule has 0 atom stereocenters. The molecule has 4 heteroatoms. The van der Waals surface area contributed by atoms with E-state index in [0.717, 1.165) is 87.6 Å². The van der Waals surface area contributed by atoms with Crippen LogP contribution in [0.2, 0.25) is 0 Å². The molecule has 0 aliphatic heterocycles. The fraction of sp³-hybridized carbons (Fsp3) is 0.571. The summed E-state index contributed by atoms with van der Waals surface area (Å²) in [5.41, 5.74) is 2.52. The average molecular weight is 629 g/mol. The van der Waals surface area contributed by atoms with Gasteiger partial charge in [0.1, 0.15) is 11.5 Å². The van der Waals surface area contributed by atoms with Gasteiger partial charge in [0, 0.05) is 0 Å². The molecule has 0 fully saturated rings. The van der Waals surface area contributed by atoms with Crippen LogP contribution < -0.4 is 18.9 Å². The highest BCUT2D eigenvalue weighted by atomic mass is 16.5. The highest BCUT2D eigenvalue weighted by Gasteiger charge is 2.19. The third-order valence-corrected chi connectivity index (χ3v) is 9.14. The zero-order valence-corrected chi connectivity index (χ0v) is 29.8. The Bertz CT molecular complexity index is 1410. The quantitative estimate of drug-likeness (QED) is 0.0641. The van der Waals surface area contributed by atoms with E-state index in [4.69, 9.17) is 18.9 Å². The van der Waals surface area contributed by atoms with E-state index < -0.39 is 0 Å². The lowest BCUT2D eigenvalue weighted by Crippen LogP contribution is -2.04. The average Bonchev–Trinajstić information content (AvgIpc) is 3.08. The van der Waals surface area contributed by atoms with Crippen LogP contribution in [0, 0.1) is 0 Å². The maximum atomic E-state index is 6.49.